The molecule has 0 spiro atoms. The molecule has 0 amide bonds. The van der Waals surface area contributed by atoms with Gasteiger partial charge in [-0.15, -0.1) is 0 Å². The number of benzene rings is 1. The number of para-hydroxylation sites is 1. The van der Waals surface area contributed by atoms with Crippen LogP contribution in [0, 0.1) is 0 Å². The lowest BCUT2D eigenvalue weighted by Gasteiger charge is -2.16. The third kappa shape index (κ3) is 3.47. The molecular weight excluding hydrogens is 208 g/mol. The van der Waals surface area contributed by atoms with E-state index in [4.69, 9.17) is 0 Å². The summed E-state index contributed by atoms with van der Waals surface area (Å²) in [5.41, 5.74) is 2.73. The van der Waals surface area contributed by atoms with Crippen LogP contribution in [0.1, 0.15) is 44.6 Å². The van der Waals surface area contributed by atoms with Crippen molar-refractivity contribution in [1.29, 1.82) is 0 Å². The Hall–Kier alpha value is -1.02. The van der Waals surface area contributed by atoms with Gasteiger partial charge >= 0.3 is 0 Å². The Morgan fingerprint density at radius 3 is 2.88 bits per heavy atom. The SMILES string of the molecule is CC(C)c1ccccc1NCCC1CCCN1. The molecule has 94 valence electrons. The van der Waals surface area contributed by atoms with Gasteiger partial charge in [0.25, 0.3) is 0 Å². The van der Waals surface area contributed by atoms with Crippen LogP contribution in [0.2, 0.25) is 0 Å². The highest BCUT2D eigenvalue weighted by molar-refractivity contribution is 5.52. The quantitative estimate of drug-likeness (QED) is 0.813. The predicted molar refractivity (Wildman–Crippen MR) is 74.7 cm³/mol. The highest BCUT2D eigenvalue weighted by Gasteiger charge is 2.13. The molecule has 17 heavy (non-hydrogen) atoms. The maximum atomic E-state index is 3.58. The molecule has 0 aromatic heterocycles. The number of rotatable bonds is 5. The van der Waals surface area contributed by atoms with Crippen molar-refractivity contribution < 1.29 is 0 Å². The van der Waals surface area contributed by atoms with Crippen LogP contribution in [-0.4, -0.2) is 19.1 Å². The van der Waals surface area contributed by atoms with Crippen molar-refractivity contribution in [1.82, 2.24) is 5.32 Å². The molecule has 0 saturated carbocycles. The lowest BCUT2D eigenvalue weighted by atomic mass is 10.0. The number of anilines is 1. The third-order valence-electron chi connectivity index (χ3n) is 3.55. The monoisotopic (exact) mass is 232 g/mol. The van der Waals surface area contributed by atoms with E-state index in [2.05, 4.69) is 48.7 Å². The van der Waals surface area contributed by atoms with Crippen LogP contribution in [0.5, 0.6) is 0 Å². The van der Waals surface area contributed by atoms with Gasteiger partial charge < -0.3 is 10.6 Å². The average molecular weight is 232 g/mol. The molecule has 2 N–H and O–H groups in total. The van der Waals surface area contributed by atoms with Gasteiger partial charge in [-0.3, -0.25) is 0 Å². The Morgan fingerprint density at radius 2 is 2.18 bits per heavy atom. The molecule has 1 unspecified atom stereocenters. The lowest BCUT2D eigenvalue weighted by Crippen LogP contribution is -2.24. The van der Waals surface area contributed by atoms with Gasteiger partial charge in [-0.25, -0.2) is 0 Å². The summed E-state index contributed by atoms with van der Waals surface area (Å²) in [7, 11) is 0. The fourth-order valence-corrected chi connectivity index (χ4v) is 2.55. The van der Waals surface area contributed by atoms with E-state index in [1.54, 1.807) is 0 Å². The van der Waals surface area contributed by atoms with Crippen molar-refractivity contribution in [2.75, 3.05) is 18.4 Å². The summed E-state index contributed by atoms with van der Waals surface area (Å²) < 4.78 is 0. The van der Waals surface area contributed by atoms with Gasteiger partial charge in [0.2, 0.25) is 0 Å². The second-order valence-corrected chi connectivity index (χ2v) is 5.25. The van der Waals surface area contributed by atoms with E-state index in [0.29, 0.717) is 5.92 Å². The molecule has 2 rings (SSSR count). The second kappa shape index (κ2) is 6.06. The molecule has 0 radical (unpaired) electrons. The number of hydrogen-bond donors (Lipinski definition) is 2. The van der Waals surface area contributed by atoms with E-state index in [-0.39, 0.29) is 0 Å². The van der Waals surface area contributed by atoms with E-state index >= 15 is 0 Å². The first-order valence-corrected chi connectivity index (χ1v) is 6.83. The number of hydrogen-bond acceptors (Lipinski definition) is 2. The summed E-state index contributed by atoms with van der Waals surface area (Å²) in [6, 6.07) is 9.38. The standard InChI is InChI=1S/C15H24N2/c1-12(2)14-7-3-4-8-15(14)17-11-9-13-6-5-10-16-13/h3-4,7-8,12-13,16-17H,5-6,9-11H2,1-2H3. The molecule has 1 atom stereocenters. The summed E-state index contributed by atoms with van der Waals surface area (Å²) in [5.74, 6) is 0.586. The van der Waals surface area contributed by atoms with Crippen LogP contribution >= 0.6 is 0 Å². The van der Waals surface area contributed by atoms with E-state index in [1.165, 1.54) is 37.1 Å². The highest BCUT2D eigenvalue weighted by Crippen LogP contribution is 2.23. The van der Waals surface area contributed by atoms with Gasteiger partial charge in [0.1, 0.15) is 0 Å². The summed E-state index contributed by atoms with van der Waals surface area (Å²) in [6.45, 7) is 6.77. The zero-order chi connectivity index (χ0) is 12.1. The maximum absolute atomic E-state index is 3.58. The highest BCUT2D eigenvalue weighted by atomic mass is 15.0. The molecule has 1 aliphatic rings. The molecular formula is C15H24N2. The van der Waals surface area contributed by atoms with Crippen molar-refractivity contribution in [2.24, 2.45) is 0 Å². The molecule has 1 saturated heterocycles. The van der Waals surface area contributed by atoms with Gasteiger partial charge in [-0.2, -0.15) is 0 Å². The number of nitrogens with one attached hydrogen (secondary N) is 2. The average Bonchev–Trinajstić information content (AvgIpc) is 2.82. The smallest absolute Gasteiger partial charge is 0.0375 e. The topological polar surface area (TPSA) is 24.1 Å². The van der Waals surface area contributed by atoms with E-state index in [0.717, 1.165) is 12.6 Å². The van der Waals surface area contributed by atoms with Gasteiger partial charge in [-0.1, -0.05) is 32.0 Å². The van der Waals surface area contributed by atoms with Crippen molar-refractivity contribution >= 4 is 5.69 Å². The minimum Gasteiger partial charge on any atom is -0.385 e. The van der Waals surface area contributed by atoms with Crippen molar-refractivity contribution in [2.45, 2.75) is 45.1 Å². The molecule has 1 fully saturated rings. The molecule has 1 aromatic carbocycles. The summed E-state index contributed by atoms with van der Waals surface area (Å²) >= 11 is 0. The molecule has 0 aliphatic carbocycles. The van der Waals surface area contributed by atoms with Crippen LogP contribution in [0.4, 0.5) is 5.69 Å². The van der Waals surface area contributed by atoms with Crippen molar-refractivity contribution in [3.8, 4) is 0 Å². The predicted octanol–water partition coefficient (Wildman–Crippen LogP) is 3.36. The Kier molecular flexibility index (Phi) is 4.43. The summed E-state index contributed by atoms with van der Waals surface area (Å²) in [5, 5.41) is 7.12. The lowest BCUT2D eigenvalue weighted by molar-refractivity contribution is 0.574. The first kappa shape index (κ1) is 12.4. The molecule has 1 aliphatic heterocycles. The summed E-state index contributed by atoms with van der Waals surface area (Å²) in [4.78, 5) is 0. The van der Waals surface area contributed by atoms with Gasteiger partial charge in [-0.05, 0) is 43.4 Å². The molecule has 2 nitrogen and oxygen atoms in total. The Bertz CT molecular complexity index is 341. The van der Waals surface area contributed by atoms with Crippen molar-refractivity contribution in [3.05, 3.63) is 29.8 Å². The normalized spacial score (nSPS) is 19.8. The largest absolute Gasteiger partial charge is 0.385 e. The van der Waals surface area contributed by atoms with Crippen LogP contribution in [0.3, 0.4) is 0 Å². The van der Waals surface area contributed by atoms with Crippen LogP contribution in [-0.2, 0) is 0 Å². The Labute approximate surface area is 105 Å². The fraction of sp³-hybridized carbons (Fsp3) is 0.600. The van der Waals surface area contributed by atoms with Crippen molar-refractivity contribution in [3.63, 3.8) is 0 Å². The van der Waals surface area contributed by atoms with Gasteiger partial charge in [0.05, 0.1) is 0 Å². The molecule has 1 aromatic rings. The van der Waals surface area contributed by atoms with E-state index in [1.807, 2.05) is 0 Å². The molecule has 2 heteroatoms. The fourth-order valence-electron chi connectivity index (χ4n) is 2.55. The van der Waals surface area contributed by atoms with E-state index < -0.39 is 0 Å². The minimum atomic E-state index is 0.586. The first-order chi connectivity index (χ1) is 8.27. The summed E-state index contributed by atoms with van der Waals surface area (Å²) in [6.07, 6.45) is 3.91. The van der Waals surface area contributed by atoms with Crippen LogP contribution in [0.15, 0.2) is 24.3 Å². The van der Waals surface area contributed by atoms with Gasteiger partial charge in [0, 0.05) is 18.3 Å². The zero-order valence-corrected chi connectivity index (χ0v) is 11.0. The Balaban J connectivity index is 1.85. The minimum absolute atomic E-state index is 0.586. The van der Waals surface area contributed by atoms with Gasteiger partial charge in [0.15, 0.2) is 0 Å². The molecule has 0 bridgehead atoms. The maximum Gasteiger partial charge on any atom is 0.0375 e. The first-order valence-electron chi connectivity index (χ1n) is 6.83. The third-order valence-corrected chi connectivity index (χ3v) is 3.55. The van der Waals surface area contributed by atoms with E-state index in [9.17, 15) is 0 Å². The Morgan fingerprint density at radius 1 is 1.35 bits per heavy atom. The second-order valence-electron chi connectivity index (χ2n) is 5.25. The van der Waals surface area contributed by atoms with Crippen LogP contribution < -0.4 is 10.6 Å². The van der Waals surface area contributed by atoms with Crippen LogP contribution in [0.25, 0.3) is 0 Å². The zero-order valence-electron chi connectivity index (χ0n) is 11.0. The molecule has 1 heterocycles.